The van der Waals surface area contributed by atoms with Crippen LogP contribution in [0.25, 0.3) is 0 Å². The molecule has 1 spiro atoms. The van der Waals surface area contributed by atoms with Gasteiger partial charge in [0.2, 0.25) is 10.0 Å². The number of carboxylic acid groups (broad SMARTS) is 1. The summed E-state index contributed by atoms with van der Waals surface area (Å²) in [5, 5.41) is 8.99. The molecule has 0 saturated carbocycles. The van der Waals surface area contributed by atoms with Crippen molar-refractivity contribution < 1.29 is 27.8 Å². The van der Waals surface area contributed by atoms with Crippen molar-refractivity contribution in [3.63, 3.8) is 0 Å². The van der Waals surface area contributed by atoms with E-state index in [0.29, 0.717) is 37.2 Å². The number of hydrogen-bond acceptors (Lipinski definition) is 5. The van der Waals surface area contributed by atoms with E-state index in [2.05, 4.69) is 0 Å². The SMILES string of the molecule is COc1ccc(S(=O)(=O)N2CCC3(CCO3)CC2)cc1CC(=O)O. The van der Waals surface area contributed by atoms with Gasteiger partial charge in [-0.2, -0.15) is 4.31 Å². The maximum atomic E-state index is 12.8. The first-order valence-corrected chi connectivity index (χ1v) is 9.33. The Kier molecular flexibility index (Phi) is 4.54. The normalized spacial score (nSPS) is 20.5. The second kappa shape index (κ2) is 6.34. The van der Waals surface area contributed by atoms with Crippen LogP contribution in [0.5, 0.6) is 5.75 Å². The summed E-state index contributed by atoms with van der Waals surface area (Å²) in [6, 6.07) is 4.36. The number of rotatable bonds is 5. The number of aliphatic carboxylic acids is 1. The lowest BCUT2D eigenvalue weighted by Gasteiger charge is -2.47. The van der Waals surface area contributed by atoms with Crippen molar-refractivity contribution in [2.75, 3.05) is 26.8 Å². The maximum absolute atomic E-state index is 12.8. The summed E-state index contributed by atoms with van der Waals surface area (Å²) < 4.78 is 37.9. The Hall–Kier alpha value is -1.64. The number of ether oxygens (including phenoxy) is 2. The minimum Gasteiger partial charge on any atom is -0.496 e. The summed E-state index contributed by atoms with van der Waals surface area (Å²) in [5.41, 5.74) is 0.224. The molecule has 0 radical (unpaired) electrons. The zero-order valence-corrected chi connectivity index (χ0v) is 14.3. The first kappa shape index (κ1) is 17.2. The molecular formula is C16H21NO6S. The molecule has 2 aliphatic heterocycles. The summed E-state index contributed by atoms with van der Waals surface area (Å²) in [4.78, 5) is 11.1. The number of carboxylic acids is 1. The summed E-state index contributed by atoms with van der Waals surface area (Å²) in [6.07, 6.45) is 2.10. The molecule has 8 heteroatoms. The number of benzene rings is 1. The molecule has 24 heavy (non-hydrogen) atoms. The van der Waals surface area contributed by atoms with E-state index in [0.717, 1.165) is 13.0 Å². The van der Waals surface area contributed by atoms with Crippen LogP contribution >= 0.6 is 0 Å². The van der Waals surface area contributed by atoms with E-state index in [1.165, 1.54) is 29.6 Å². The highest BCUT2D eigenvalue weighted by atomic mass is 32.2. The second-order valence-corrected chi connectivity index (χ2v) is 8.17. The van der Waals surface area contributed by atoms with Gasteiger partial charge in [0.25, 0.3) is 0 Å². The number of sulfonamides is 1. The molecule has 1 aromatic rings. The van der Waals surface area contributed by atoms with E-state index in [9.17, 15) is 13.2 Å². The van der Waals surface area contributed by atoms with Crippen LogP contribution in [-0.4, -0.2) is 56.2 Å². The molecular weight excluding hydrogens is 334 g/mol. The average Bonchev–Trinajstić information content (AvgIpc) is 2.53. The summed E-state index contributed by atoms with van der Waals surface area (Å²) in [6.45, 7) is 1.59. The Morgan fingerprint density at radius 1 is 1.33 bits per heavy atom. The van der Waals surface area contributed by atoms with Gasteiger partial charge in [-0.25, -0.2) is 8.42 Å². The molecule has 0 unspecified atom stereocenters. The lowest BCUT2D eigenvalue weighted by atomic mass is 9.85. The van der Waals surface area contributed by atoms with Gasteiger partial charge < -0.3 is 14.6 Å². The Bertz CT molecular complexity index is 731. The molecule has 132 valence electrons. The van der Waals surface area contributed by atoms with E-state index in [1.54, 1.807) is 0 Å². The molecule has 1 aromatic carbocycles. The van der Waals surface area contributed by atoms with Crippen LogP contribution in [0.15, 0.2) is 23.1 Å². The number of piperidine rings is 1. The number of methoxy groups -OCH3 is 1. The molecule has 0 aromatic heterocycles. The average molecular weight is 355 g/mol. The van der Waals surface area contributed by atoms with Crippen LogP contribution in [-0.2, 0) is 26.0 Å². The van der Waals surface area contributed by atoms with Gasteiger partial charge >= 0.3 is 5.97 Å². The first-order valence-electron chi connectivity index (χ1n) is 7.89. The molecule has 2 fully saturated rings. The molecule has 3 rings (SSSR count). The summed E-state index contributed by atoms with van der Waals surface area (Å²) in [7, 11) is -2.22. The fraction of sp³-hybridized carbons (Fsp3) is 0.562. The smallest absolute Gasteiger partial charge is 0.307 e. The van der Waals surface area contributed by atoms with E-state index in [4.69, 9.17) is 14.6 Å². The Balaban J connectivity index is 1.82. The maximum Gasteiger partial charge on any atom is 0.307 e. The van der Waals surface area contributed by atoms with Crippen molar-refractivity contribution in [2.24, 2.45) is 0 Å². The highest BCUT2D eigenvalue weighted by molar-refractivity contribution is 7.89. The molecule has 2 heterocycles. The van der Waals surface area contributed by atoms with Gasteiger partial charge in [0, 0.05) is 18.7 Å². The second-order valence-electron chi connectivity index (χ2n) is 6.23. The third kappa shape index (κ3) is 3.13. The van der Waals surface area contributed by atoms with Crippen molar-refractivity contribution in [1.29, 1.82) is 0 Å². The van der Waals surface area contributed by atoms with Crippen LogP contribution in [0.4, 0.5) is 0 Å². The van der Waals surface area contributed by atoms with Crippen molar-refractivity contribution in [1.82, 2.24) is 4.31 Å². The lowest BCUT2D eigenvalue weighted by Crippen LogP contribution is -2.53. The van der Waals surface area contributed by atoms with E-state index < -0.39 is 16.0 Å². The third-order valence-electron chi connectivity index (χ3n) is 4.83. The monoisotopic (exact) mass is 355 g/mol. The molecule has 0 aliphatic carbocycles. The van der Waals surface area contributed by atoms with Gasteiger partial charge in [-0.05, 0) is 37.5 Å². The molecule has 0 amide bonds. The van der Waals surface area contributed by atoms with Gasteiger partial charge in [-0.3, -0.25) is 4.79 Å². The standard InChI is InChI=1S/C16H21NO6S/c1-22-14-3-2-13(10-12(14)11-15(18)19)24(20,21)17-7-4-16(5-8-17)6-9-23-16/h2-3,10H,4-9,11H2,1H3,(H,18,19). The van der Waals surface area contributed by atoms with Gasteiger partial charge in [-0.1, -0.05) is 0 Å². The highest BCUT2D eigenvalue weighted by Crippen LogP contribution is 2.38. The highest BCUT2D eigenvalue weighted by Gasteiger charge is 2.43. The van der Waals surface area contributed by atoms with Crippen molar-refractivity contribution in [3.05, 3.63) is 23.8 Å². The van der Waals surface area contributed by atoms with Crippen LogP contribution in [0.3, 0.4) is 0 Å². The van der Waals surface area contributed by atoms with Gasteiger partial charge in [0.15, 0.2) is 0 Å². The van der Waals surface area contributed by atoms with Crippen LogP contribution in [0.1, 0.15) is 24.8 Å². The summed E-state index contributed by atoms with van der Waals surface area (Å²) in [5.74, 6) is -0.665. The van der Waals surface area contributed by atoms with Crippen molar-refractivity contribution in [3.8, 4) is 5.75 Å². The van der Waals surface area contributed by atoms with Crippen molar-refractivity contribution >= 4 is 16.0 Å². The largest absolute Gasteiger partial charge is 0.496 e. The minimum atomic E-state index is -3.65. The molecule has 2 aliphatic rings. The quantitative estimate of drug-likeness (QED) is 0.855. The number of hydrogen-bond donors (Lipinski definition) is 1. The number of carbonyl (C=O) groups is 1. The zero-order chi connectivity index (χ0) is 17.4. The Labute approximate surface area is 141 Å². The molecule has 0 bridgehead atoms. The molecule has 0 atom stereocenters. The third-order valence-corrected chi connectivity index (χ3v) is 6.73. The summed E-state index contributed by atoms with van der Waals surface area (Å²) >= 11 is 0. The fourth-order valence-corrected chi connectivity index (χ4v) is 4.78. The number of nitrogens with zero attached hydrogens (tertiary/aromatic N) is 1. The van der Waals surface area contributed by atoms with Crippen LogP contribution in [0, 0.1) is 0 Å². The van der Waals surface area contributed by atoms with Gasteiger partial charge in [-0.15, -0.1) is 0 Å². The van der Waals surface area contributed by atoms with Gasteiger partial charge in [0.05, 0.1) is 30.6 Å². The molecule has 2 saturated heterocycles. The minimum absolute atomic E-state index is 0.102. The predicted octanol–water partition coefficient (Wildman–Crippen LogP) is 1.27. The zero-order valence-electron chi connectivity index (χ0n) is 13.5. The van der Waals surface area contributed by atoms with E-state index in [-0.39, 0.29) is 16.9 Å². The molecule has 7 nitrogen and oxygen atoms in total. The topological polar surface area (TPSA) is 93.1 Å². The van der Waals surface area contributed by atoms with E-state index >= 15 is 0 Å². The van der Waals surface area contributed by atoms with Gasteiger partial charge in [0.1, 0.15) is 5.75 Å². The Morgan fingerprint density at radius 2 is 2.00 bits per heavy atom. The lowest BCUT2D eigenvalue weighted by molar-refractivity contribution is -0.167. The van der Waals surface area contributed by atoms with E-state index in [1.807, 2.05) is 0 Å². The first-order chi connectivity index (χ1) is 11.4. The van der Waals surface area contributed by atoms with Crippen molar-refractivity contribution in [2.45, 2.75) is 36.2 Å². The Morgan fingerprint density at radius 3 is 2.50 bits per heavy atom. The fourth-order valence-electron chi connectivity index (χ4n) is 3.28. The van der Waals surface area contributed by atoms with Crippen LogP contribution < -0.4 is 4.74 Å². The predicted molar refractivity (Wildman–Crippen MR) is 85.6 cm³/mol. The van der Waals surface area contributed by atoms with Crippen LogP contribution in [0.2, 0.25) is 0 Å². The molecule has 1 N–H and O–H groups in total.